The molecule has 1 saturated heterocycles. The Morgan fingerprint density at radius 1 is 1.26 bits per heavy atom. The van der Waals surface area contributed by atoms with Gasteiger partial charge in [-0.05, 0) is 26.8 Å². The first-order chi connectivity index (χ1) is 10.9. The van der Waals surface area contributed by atoms with E-state index in [0.717, 1.165) is 38.5 Å². The van der Waals surface area contributed by atoms with E-state index in [-0.39, 0.29) is 12.1 Å². The monoisotopic (exact) mass is 320 g/mol. The molecule has 1 aromatic rings. The van der Waals surface area contributed by atoms with Crippen LogP contribution in [-0.4, -0.2) is 78.7 Å². The molecule has 0 radical (unpaired) electrons. The second kappa shape index (κ2) is 7.48. The molecule has 0 spiro atoms. The van der Waals surface area contributed by atoms with Crippen molar-refractivity contribution >= 4 is 17.8 Å². The molecule has 0 unspecified atom stereocenters. The molecule has 1 aliphatic heterocycles. The van der Waals surface area contributed by atoms with Crippen LogP contribution in [0, 0.1) is 0 Å². The van der Waals surface area contributed by atoms with Crippen molar-refractivity contribution in [2.75, 3.05) is 56.6 Å². The molecular weight excluding hydrogens is 292 g/mol. The van der Waals surface area contributed by atoms with E-state index in [1.54, 1.807) is 6.20 Å². The molecule has 1 aliphatic rings. The average Bonchev–Trinajstić information content (AvgIpc) is 2.55. The van der Waals surface area contributed by atoms with Gasteiger partial charge in [-0.3, -0.25) is 0 Å². The van der Waals surface area contributed by atoms with Gasteiger partial charge in [0.25, 0.3) is 0 Å². The quantitative estimate of drug-likeness (QED) is 0.842. The highest BCUT2D eigenvalue weighted by Gasteiger charge is 2.26. The molecule has 0 N–H and O–H groups in total. The Labute approximate surface area is 138 Å². The van der Waals surface area contributed by atoms with Crippen molar-refractivity contribution in [1.82, 2.24) is 19.8 Å². The minimum Gasteiger partial charge on any atom is -0.353 e. The van der Waals surface area contributed by atoms with E-state index in [1.165, 1.54) is 0 Å². The Bertz CT molecular complexity index is 525. The van der Waals surface area contributed by atoms with Gasteiger partial charge in [0.1, 0.15) is 5.82 Å². The normalized spacial score (nSPS) is 15.0. The van der Waals surface area contributed by atoms with Crippen molar-refractivity contribution < 1.29 is 4.79 Å². The van der Waals surface area contributed by atoms with E-state index in [0.29, 0.717) is 5.95 Å². The van der Waals surface area contributed by atoms with Crippen LogP contribution in [0.15, 0.2) is 12.3 Å². The lowest BCUT2D eigenvalue weighted by Gasteiger charge is -2.39. The third-order valence-electron chi connectivity index (χ3n) is 4.11. The SMILES string of the molecule is CCN(C(=O)N1CCN(c2ccnc(N(C)C)n2)CC1)C(C)C. The van der Waals surface area contributed by atoms with Crippen LogP contribution in [0.25, 0.3) is 0 Å². The standard InChI is InChI=1S/C16H28N6O/c1-6-22(13(2)3)16(23)21-11-9-20(10-12-21)14-7-8-17-15(18-14)19(4)5/h7-8,13H,6,9-12H2,1-5H3. The minimum absolute atomic E-state index is 0.138. The van der Waals surface area contributed by atoms with Crippen LogP contribution in [0.1, 0.15) is 20.8 Å². The van der Waals surface area contributed by atoms with Gasteiger partial charge in [-0.1, -0.05) is 0 Å². The number of carbonyl (C=O) groups is 1. The molecular formula is C16H28N6O. The number of nitrogens with zero attached hydrogens (tertiary/aromatic N) is 6. The molecule has 0 aromatic carbocycles. The molecule has 128 valence electrons. The van der Waals surface area contributed by atoms with E-state index >= 15 is 0 Å². The van der Waals surface area contributed by atoms with Gasteiger partial charge < -0.3 is 19.6 Å². The zero-order chi connectivity index (χ0) is 17.0. The van der Waals surface area contributed by atoms with Gasteiger partial charge in [-0.15, -0.1) is 0 Å². The highest BCUT2D eigenvalue weighted by Crippen LogP contribution is 2.16. The van der Waals surface area contributed by atoms with E-state index in [2.05, 4.69) is 28.7 Å². The fourth-order valence-electron chi connectivity index (χ4n) is 2.76. The zero-order valence-corrected chi connectivity index (χ0v) is 14.9. The second-order valence-corrected chi connectivity index (χ2v) is 6.25. The lowest BCUT2D eigenvalue weighted by Crippen LogP contribution is -2.54. The van der Waals surface area contributed by atoms with E-state index in [9.17, 15) is 4.79 Å². The predicted octanol–water partition coefficient (Wildman–Crippen LogP) is 1.51. The van der Waals surface area contributed by atoms with Crippen molar-refractivity contribution in [1.29, 1.82) is 0 Å². The summed E-state index contributed by atoms with van der Waals surface area (Å²) in [6.45, 7) is 9.93. The summed E-state index contributed by atoms with van der Waals surface area (Å²) < 4.78 is 0. The Morgan fingerprint density at radius 2 is 1.91 bits per heavy atom. The van der Waals surface area contributed by atoms with Gasteiger partial charge in [0, 0.05) is 59.1 Å². The Morgan fingerprint density at radius 3 is 2.43 bits per heavy atom. The molecule has 23 heavy (non-hydrogen) atoms. The van der Waals surface area contributed by atoms with Gasteiger partial charge in [-0.25, -0.2) is 9.78 Å². The maximum atomic E-state index is 12.6. The zero-order valence-electron chi connectivity index (χ0n) is 14.9. The molecule has 0 bridgehead atoms. The van der Waals surface area contributed by atoms with Gasteiger partial charge in [-0.2, -0.15) is 4.98 Å². The van der Waals surface area contributed by atoms with Crippen LogP contribution in [0.5, 0.6) is 0 Å². The number of aromatic nitrogens is 2. The van der Waals surface area contributed by atoms with Crippen molar-refractivity contribution in [3.8, 4) is 0 Å². The third-order valence-corrected chi connectivity index (χ3v) is 4.11. The van der Waals surface area contributed by atoms with E-state index < -0.39 is 0 Å². The molecule has 1 aromatic heterocycles. The number of carbonyl (C=O) groups excluding carboxylic acids is 1. The van der Waals surface area contributed by atoms with Crippen LogP contribution in [0.4, 0.5) is 16.6 Å². The van der Waals surface area contributed by atoms with Crippen LogP contribution < -0.4 is 9.80 Å². The summed E-state index contributed by atoms with van der Waals surface area (Å²) in [6, 6.07) is 2.30. The Kier molecular flexibility index (Phi) is 5.63. The predicted molar refractivity (Wildman–Crippen MR) is 93.1 cm³/mol. The highest BCUT2D eigenvalue weighted by atomic mass is 16.2. The minimum atomic E-state index is 0.138. The molecule has 0 saturated carbocycles. The molecule has 0 atom stereocenters. The summed E-state index contributed by atoms with van der Waals surface area (Å²) in [6.07, 6.45) is 1.78. The lowest BCUT2D eigenvalue weighted by atomic mass is 10.3. The first-order valence-electron chi connectivity index (χ1n) is 8.25. The molecule has 7 nitrogen and oxygen atoms in total. The van der Waals surface area contributed by atoms with Gasteiger partial charge in [0.05, 0.1) is 0 Å². The summed E-state index contributed by atoms with van der Waals surface area (Å²) >= 11 is 0. The maximum absolute atomic E-state index is 12.6. The smallest absolute Gasteiger partial charge is 0.320 e. The maximum Gasteiger partial charge on any atom is 0.320 e. The van der Waals surface area contributed by atoms with Crippen molar-refractivity contribution in [3.63, 3.8) is 0 Å². The van der Waals surface area contributed by atoms with Crippen molar-refractivity contribution in [3.05, 3.63) is 12.3 Å². The number of piperazine rings is 1. The topological polar surface area (TPSA) is 55.8 Å². The number of amides is 2. The van der Waals surface area contributed by atoms with Crippen molar-refractivity contribution in [2.24, 2.45) is 0 Å². The summed E-state index contributed by atoms with van der Waals surface area (Å²) in [5.74, 6) is 1.63. The van der Waals surface area contributed by atoms with Crippen LogP contribution >= 0.6 is 0 Å². The van der Waals surface area contributed by atoms with Crippen molar-refractivity contribution in [2.45, 2.75) is 26.8 Å². The second-order valence-electron chi connectivity index (χ2n) is 6.25. The summed E-state index contributed by atoms with van der Waals surface area (Å²) in [5, 5.41) is 0. The Balaban J connectivity index is 1.98. The summed E-state index contributed by atoms with van der Waals surface area (Å²) in [7, 11) is 3.86. The van der Waals surface area contributed by atoms with Crippen LogP contribution in [0.2, 0.25) is 0 Å². The van der Waals surface area contributed by atoms with E-state index in [1.807, 2.05) is 41.8 Å². The number of hydrogen-bond donors (Lipinski definition) is 0. The molecule has 7 heteroatoms. The van der Waals surface area contributed by atoms with E-state index in [4.69, 9.17) is 0 Å². The first-order valence-corrected chi connectivity index (χ1v) is 8.25. The van der Waals surface area contributed by atoms with Gasteiger partial charge >= 0.3 is 6.03 Å². The Hall–Kier alpha value is -2.05. The van der Waals surface area contributed by atoms with Crippen LogP contribution in [0.3, 0.4) is 0 Å². The molecule has 2 heterocycles. The van der Waals surface area contributed by atoms with Crippen LogP contribution in [-0.2, 0) is 0 Å². The number of urea groups is 1. The molecule has 2 amide bonds. The molecule has 1 fully saturated rings. The fourth-order valence-corrected chi connectivity index (χ4v) is 2.76. The number of anilines is 2. The number of hydrogen-bond acceptors (Lipinski definition) is 5. The summed E-state index contributed by atoms with van der Waals surface area (Å²) in [5.41, 5.74) is 0. The molecule has 2 rings (SSSR count). The van der Waals surface area contributed by atoms with Gasteiger partial charge in [0.2, 0.25) is 5.95 Å². The average molecular weight is 320 g/mol. The first kappa shape index (κ1) is 17.3. The summed E-state index contributed by atoms with van der Waals surface area (Å²) in [4.78, 5) is 29.3. The largest absolute Gasteiger partial charge is 0.353 e. The number of rotatable bonds is 4. The van der Waals surface area contributed by atoms with Gasteiger partial charge in [0.15, 0.2) is 0 Å². The molecule has 0 aliphatic carbocycles. The lowest BCUT2D eigenvalue weighted by molar-refractivity contribution is 0.140. The fraction of sp³-hybridized carbons (Fsp3) is 0.688. The highest BCUT2D eigenvalue weighted by molar-refractivity contribution is 5.75. The third kappa shape index (κ3) is 4.03.